The van der Waals surface area contributed by atoms with Gasteiger partial charge in [0.25, 0.3) is 0 Å². The molecule has 0 amide bonds. The average molecular weight is 273 g/mol. The maximum Gasteiger partial charge on any atom is 0.160 e. The summed E-state index contributed by atoms with van der Waals surface area (Å²) in [6, 6.07) is 0. The van der Waals surface area contributed by atoms with Crippen LogP contribution in [0.15, 0.2) is 12.4 Å². The predicted octanol–water partition coefficient (Wildman–Crippen LogP) is 3.19. The van der Waals surface area contributed by atoms with E-state index in [0.29, 0.717) is 0 Å². The highest BCUT2D eigenvalue weighted by atomic mass is 15.2. The highest BCUT2D eigenvalue weighted by molar-refractivity contribution is 5.61. The molecule has 0 saturated heterocycles. The van der Waals surface area contributed by atoms with Gasteiger partial charge >= 0.3 is 0 Å². The molecule has 1 N–H and O–H groups in total. The van der Waals surface area contributed by atoms with Gasteiger partial charge in [0.2, 0.25) is 0 Å². The molecule has 0 radical (unpaired) electrons. The number of anilines is 1. The van der Waals surface area contributed by atoms with Crippen molar-refractivity contribution in [2.75, 3.05) is 11.9 Å². The number of nitrogens with zero attached hydrogens (tertiary/aromatic N) is 4. The van der Waals surface area contributed by atoms with Gasteiger partial charge in [-0.1, -0.05) is 13.8 Å². The fourth-order valence-corrected chi connectivity index (χ4v) is 2.18. The van der Waals surface area contributed by atoms with Crippen LogP contribution < -0.4 is 5.32 Å². The number of nitrogens with one attached hydrogen (secondary N) is 1. The molecule has 0 unspecified atom stereocenters. The topological polar surface area (TPSA) is 55.6 Å². The van der Waals surface area contributed by atoms with Crippen molar-refractivity contribution in [3.63, 3.8) is 0 Å². The quantitative estimate of drug-likeness (QED) is 0.878. The second kappa shape index (κ2) is 6.50. The van der Waals surface area contributed by atoms with Crippen molar-refractivity contribution in [1.82, 2.24) is 19.7 Å². The van der Waals surface area contributed by atoms with Crippen LogP contribution in [0.3, 0.4) is 0 Å². The summed E-state index contributed by atoms with van der Waals surface area (Å²) in [4.78, 5) is 4.44. The molecule has 0 bridgehead atoms. The fraction of sp³-hybridized carbons (Fsp3) is 0.533. The first-order valence-corrected chi connectivity index (χ1v) is 7.28. The Hall–Kier alpha value is -1.91. The van der Waals surface area contributed by atoms with Gasteiger partial charge in [0.1, 0.15) is 5.69 Å². The van der Waals surface area contributed by atoms with Crippen LogP contribution >= 0.6 is 0 Å². The molecule has 2 aromatic heterocycles. The standard InChI is InChI=1S/C15H23N5/c1-5-7-16-14-12(4)11(3)13(18-19-14)15-17-8-10-20(15)9-6-2/h8,10H,5-7,9H2,1-4H3,(H,16,19). The minimum Gasteiger partial charge on any atom is -0.368 e. The summed E-state index contributed by atoms with van der Waals surface area (Å²) in [6.45, 7) is 10.3. The van der Waals surface area contributed by atoms with Crippen LogP contribution in [0.5, 0.6) is 0 Å². The Labute approximate surface area is 120 Å². The molecule has 5 nitrogen and oxygen atoms in total. The van der Waals surface area contributed by atoms with Gasteiger partial charge in [-0.25, -0.2) is 4.98 Å². The molecular weight excluding hydrogens is 250 g/mol. The summed E-state index contributed by atoms with van der Waals surface area (Å²) < 4.78 is 2.13. The monoisotopic (exact) mass is 273 g/mol. The van der Waals surface area contributed by atoms with E-state index in [-0.39, 0.29) is 0 Å². The van der Waals surface area contributed by atoms with Crippen LogP contribution in [0.4, 0.5) is 5.82 Å². The number of hydrogen-bond acceptors (Lipinski definition) is 4. The number of aryl methyl sites for hydroxylation is 1. The Morgan fingerprint density at radius 2 is 1.90 bits per heavy atom. The molecular formula is C15H23N5. The molecule has 2 rings (SSSR count). The van der Waals surface area contributed by atoms with Crippen molar-refractivity contribution in [3.8, 4) is 11.5 Å². The summed E-state index contributed by atoms with van der Waals surface area (Å²) in [6.07, 6.45) is 5.97. The summed E-state index contributed by atoms with van der Waals surface area (Å²) in [7, 11) is 0. The highest BCUT2D eigenvalue weighted by Gasteiger charge is 2.15. The Morgan fingerprint density at radius 3 is 2.60 bits per heavy atom. The van der Waals surface area contributed by atoms with E-state index in [2.05, 4.69) is 52.8 Å². The van der Waals surface area contributed by atoms with Crippen LogP contribution in [0, 0.1) is 13.8 Å². The molecule has 5 heteroatoms. The second-order valence-electron chi connectivity index (χ2n) is 5.02. The zero-order chi connectivity index (χ0) is 14.5. The van der Waals surface area contributed by atoms with Crippen LogP contribution in [0.2, 0.25) is 0 Å². The van der Waals surface area contributed by atoms with E-state index in [0.717, 1.165) is 54.4 Å². The van der Waals surface area contributed by atoms with Crippen molar-refractivity contribution in [2.24, 2.45) is 0 Å². The summed E-state index contributed by atoms with van der Waals surface area (Å²) in [5, 5.41) is 12.0. The van der Waals surface area contributed by atoms with Crippen molar-refractivity contribution in [3.05, 3.63) is 23.5 Å². The molecule has 20 heavy (non-hydrogen) atoms. The first-order valence-electron chi connectivity index (χ1n) is 7.28. The zero-order valence-electron chi connectivity index (χ0n) is 12.8. The molecule has 0 saturated carbocycles. The van der Waals surface area contributed by atoms with Crippen LogP contribution in [0.1, 0.15) is 37.8 Å². The van der Waals surface area contributed by atoms with Crippen LogP contribution in [-0.4, -0.2) is 26.3 Å². The van der Waals surface area contributed by atoms with Crippen LogP contribution in [0.25, 0.3) is 11.5 Å². The summed E-state index contributed by atoms with van der Waals surface area (Å²) >= 11 is 0. The molecule has 0 atom stereocenters. The lowest BCUT2D eigenvalue weighted by atomic mass is 10.1. The van der Waals surface area contributed by atoms with Gasteiger partial charge in [0.05, 0.1) is 0 Å². The van der Waals surface area contributed by atoms with Crippen molar-refractivity contribution in [1.29, 1.82) is 0 Å². The van der Waals surface area contributed by atoms with E-state index < -0.39 is 0 Å². The largest absolute Gasteiger partial charge is 0.368 e. The van der Waals surface area contributed by atoms with Gasteiger partial charge in [-0.2, -0.15) is 0 Å². The number of aromatic nitrogens is 4. The fourth-order valence-electron chi connectivity index (χ4n) is 2.18. The van der Waals surface area contributed by atoms with Crippen LogP contribution in [-0.2, 0) is 6.54 Å². The molecule has 108 valence electrons. The second-order valence-corrected chi connectivity index (χ2v) is 5.02. The van der Waals surface area contributed by atoms with E-state index in [9.17, 15) is 0 Å². The van der Waals surface area contributed by atoms with Crippen molar-refractivity contribution in [2.45, 2.75) is 47.1 Å². The van der Waals surface area contributed by atoms with E-state index >= 15 is 0 Å². The van der Waals surface area contributed by atoms with E-state index in [1.165, 1.54) is 0 Å². The summed E-state index contributed by atoms with van der Waals surface area (Å²) in [5.41, 5.74) is 3.17. The lowest BCUT2D eigenvalue weighted by Crippen LogP contribution is -2.09. The lowest BCUT2D eigenvalue weighted by molar-refractivity contribution is 0.682. The zero-order valence-corrected chi connectivity index (χ0v) is 12.8. The molecule has 0 aromatic carbocycles. The normalized spacial score (nSPS) is 10.8. The third-order valence-corrected chi connectivity index (χ3v) is 3.46. The Balaban J connectivity index is 2.38. The van der Waals surface area contributed by atoms with Gasteiger partial charge in [-0.05, 0) is 37.8 Å². The molecule has 2 heterocycles. The Morgan fingerprint density at radius 1 is 1.10 bits per heavy atom. The lowest BCUT2D eigenvalue weighted by Gasteiger charge is -2.13. The number of hydrogen-bond donors (Lipinski definition) is 1. The third kappa shape index (κ3) is 2.81. The maximum absolute atomic E-state index is 4.44. The molecule has 0 fully saturated rings. The average Bonchev–Trinajstić information content (AvgIpc) is 2.89. The smallest absolute Gasteiger partial charge is 0.160 e. The van der Waals surface area contributed by atoms with E-state index in [4.69, 9.17) is 0 Å². The van der Waals surface area contributed by atoms with Gasteiger partial charge < -0.3 is 9.88 Å². The first-order chi connectivity index (χ1) is 9.69. The molecule has 0 aliphatic heterocycles. The molecule has 0 aliphatic rings. The van der Waals surface area contributed by atoms with Gasteiger partial charge in [-0.15, -0.1) is 10.2 Å². The third-order valence-electron chi connectivity index (χ3n) is 3.46. The van der Waals surface area contributed by atoms with E-state index in [1.54, 1.807) is 0 Å². The molecule has 0 spiro atoms. The van der Waals surface area contributed by atoms with Gasteiger partial charge in [0.15, 0.2) is 11.6 Å². The first kappa shape index (κ1) is 14.5. The molecule has 2 aromatic rings. The summed E-state index contributed by atoms with van der Waals surface area (Å²) in [5.74, 6) is 1.78. The number of rotatable bonds is 6. The van der Waals surface area contributed by atoms with Gasteiger partial charge in [-0.3, -0.25) is 0 Å². The Kier molecular flexibility index (Phi) is 4.71. The molecule has 0 aliphatic carbocycles. The van der Waals surface area contributed by atoms with E-state index in [1.807, 2.05) is 12.4 Å². The van der Waals surface area contributed by atoms with Crippen molar-refractivity contribution >= 4 is 5.82 Å². The van der Waals surface area contributed by atoms with Crippen molar-refractivity contribution < 1.29 is 0 Å². The maximum atomic E-state index is 4.44. The number of imidazole rings is 1. The minimum absolute atomic E-state index is 0.877. The van der Waals surface area contributed by atoms with Gasteiger partial charge in [0, 0.05) is 25.5 Å². The minimum atomic E-state index is 0.877. The predicted molar refractivity (Wildman–Crippen MR) is 81.8 cm³/mol. The highest BCUT2D eigenvalue weighted by Crippen LogP contribution is 2.25. The Bertz CT molecular complexity index is 574. The SMILES string of the molecule is CCCNc1nnc(-c2nccn2CCC)c(C)c1C.